The fourth-order valence-electron chi connectivity index (χ4n) is 2.16. The van der Waals surface area contributed by atoms with Crippen molar-refractivity contribution in [2.45, 2.75) is 10.1 Å². The molecule has 3 rings (SSSR count). The largest absolute Gasteiger partial charge is 0.329 e. The number of non-ortho nitro benzene ring substituents is 1. The first-order chi connectivity index (χ1) is 12.4. The molecule has 0 saturated carbocycles. The topological polar surface area (TPSA) is 90.1 Å². The van der Waals surface area contributed by atoms with E-state index in [4.69, 9.17) is 0 Å². The second-order valence-corrected chi connectivity index (χ2v) is 7.53. The lowest BCUT2D eigenvalue weighted by Crippen LogP contribution is -2.13. The number of aryl methyl sites for hydroxylation is 1. The smallest absolute Gasteiger partial charge is 0.270 e. The van der Waals surface area contributed by atoms with Crippen LogP contribution in [-0.4, -0.2) is 20.4 Å². The van der Waals surface area contributed by atoms with Gasteiger partial charge >= 0.3 is 0 Å². The van der Waals surface area contributed by atoms with Crippen LogP contribution in [0.1, 0.15) is 10.4 Å². The highest BCUT2D eigenvalue weighted by atomic mass is 127. The zero-order valence-corrected chi connectivity index (χ0v) is 16.5. The Bertz CT molecular complexity index is 972. The van der Waals surface area contributed by atoms with Gasteiger partial charge in [0.05, 0.1) is 10.5 Å². The molecule has 0 unspecified atom stereocenters. The van der Waals surface area contributed by atoms with Crippen LogP contribution >= 0.6 is 34.4 Å². The van der Waals surface area contributed by atoms with E-state index in [9.17, 15) is 14.9 Å². The van der Waals surface area contributed by atoms with Crippen molar-refractivity contribution in [3.8, 4) is 0 Å². The minimum Gasteiger partial charge on any atom is -0.329 e. The number of nitrogens with one attached hydrogen (secondary N) is 1. The maximum absolute atomic E-state index is 12.4. The zero-order valence-electron chi connectivity index (χ0n) is 13.5. The second kappa shape index (κ2) is 7.87. The molecule has 0 aliphatic heterocycles. The number of nitrogens with zero attached hydrogens (tertiary/aromatic N) is 3. The van der Waals surface area contributed by atoms with Crippen LogP contribution in [0, 0.1) is 13.7 Å². The van der Waals surface area contributed by atoms with E-state index < -0.39 is 4.92 Å². The van der Waals surface area contributed by atoms with Crippen molar-refractivity contribution in [3.63, 3.8) is 0 Å². The summed E-state index contributed by atoms with van der Waals surface area (Å²) in [5, 5.41) is 14.5. The molecule has 0 radical (unpaired) electrons. The van der Waals surface area contributed by atoms with Crippen molar-refractivity contribution < 1.29 is 9.72 Å². The number of imidazole rings is 1. The van der Waals surface area contributed by atoms with Crippen LogP contribution < -0.4 is 5.32 Å². The first-order valence-corrected chi connectivity index (χ1v) is 9.34. The van der Waals surface area contributed by atoms with Gasteiger partial charge in [-0.15, -0.1) is 0 Å². The molecule has 0 aliphatic carbocycles. The molecule has 3 aromatic rings. The third-order valence-corrected chi connectivity index (χ3v) is 5.53. The minimum absolute atomic E-state index is 0.114. The molecule has 7 nitrogen and oxygen atoms in total. The average Bonchev–Trinajstić information content (AvgIpc) is 3.01. The zero-order chi connectivity index (χ0) is 18.7. The van der Waals surface area contributed by atoms with Crippen molar-refractivity contribution in [1.82, 2.24) is 9.55 Å². The quantitative estimate of drug-likeness (QED) is 0.334. The Kier molecular flexibility index (Phi) is 5.57. The Hall–Kier alpha value is -2.40. The van der Waals surface area contributed by atoms with Crippen molar-refractivity contribution in [3.05, 3.63) is 74.1 Å². The number of hydrogen-bond acceptors (Lipinski definition) is 5. The molecule has 1 N–H and O–H groups in total. The summed E-state index contributed by atoms with van der Waals surface area (Å²) in [6, 6.07) is 11.5. The number of nitro benzene ring substituents is 1. The first kappa shape index (κ1) is 18.4. The van der Waals surface area contributed by atoms with Gasteiger partial charge in [0.1, 0.15) is 0 Å². The third kappa shape index (κ3) is 4.22. The van der Waals surface area contributed by atoms with Gasteiger partial charge in [-0.05, 0) is 52.9 Å². The van der Waals surface area contributed by atoms with Crippen LogP contribution in [0.5, 0.6) is 0 Å². The van der Waals surface area contributed by atoms with E-state index in [0.29, 0.717) is 9.26 Å². The fourth-order valence-corrected chi connectivity index (χ4v) is 3.54. The number of aromatic nitrogens is 2. The summed E-state index contributed by atoms with van der Waals surface area (Å²) in [6.07, 6.45) is 3.61. The monoisotopic (exact) mass is 480 g/mol. The summed E-state index contributed by atoms with van der Waals surface area (Å²) in [5.74, 6) is -0.386. The molecular formula is C17H13IN4O3S. The highest BCUT2D eigenvalue weighted by Gasteiger charge is 2.15. The Labute approximate surface area is 167 Å². The Morgan fingerprint density at radius 3 is 2.62 bits per heavy atom. The molecule has 0 fully saturated rings. The number of hydrogen-bond donors (Lipinski definition) is 1. The number of halogens is 1. The maximum atomic E-state index is 12.4. The van der Waals surface area contributed by atoms with Gasteiger partial charge in [0, 0.05) is 45.7 Å². The van der Waals surface area contributed by atoms with Crippen LogP contribution in [0.2, 0.25) is 0 Å². The molecule has 0 aliphatic rings. The lowest BCUT2D eigenvalue weighted by Gasteiger charge is -2.08. The molecule has 0 spiro atoms. The minimum atomic E-state index is -0.517. The summed E-state index contributed by atoms with van der Waals surface area (Å²) in [7, 11) is 1.92. The molecule has 0 saturated heterocycles. The maximum Gasteiger partial charge on any atom is 0.270 e. The van der Waals surface area contributed by atoms with Gasteiger partial charge in [0.2, 0.25) is 0 Å². The van der Waals surface area contributed by atoms with Crippen molar-refractivity contribution in [2.24, 2.45) is 7.05 Å². The summed E-state index contributed by atoms with van der Waals surface area (Å²) < 4.78 is 2.57. The van der Waals surface area contributed by atoms with E-state index in [1.54, 1.807) is 24.4 Å². The Balaban J connectivity index is 1.73. The van der Waals surface area contributed by atoms with Crippen LogP contribution in [0.15, 0.2) is 64.9 Å². The fraction of sp³-hybridized carbons (Fsp3) is 0.0588. The number of carbonyl (C=O) groups is 1. The summed E-state index contributed by atoms with van der Waals surface area (Å²) in [5.41, 5.74) is 0.769. The number of anilines is 1. The Morgan fingerprint density at radius 2 is 2.00 bits per heavy atom. The van der Waals surface area contributed by atoms with E-state index in [-0.39, 0.29) is 17.2 Å². The lowest BCUT2D eigenvalue weighted by molar-refractivity contribution is -0.384. The SMILES string of the molecule is Cn1ccnc1Sc1ccc(NC(=O)c2cc([N+](=O)[O-])ccc2I)cc1. The van der Waals surface area contributed by atoms with Crippen molar-refractivity contribution in [2.75, 3.05) is 5.32 Å². The van der Waals surface area contributed by atoms with E-state index in [1.165, 1.54) is 23.9 Å². The molecule has 132 valence electrons. The van der Waals surface area contributed by atoms with E-state index in [0.717, 1.165) is 10.1 Å². The molecule has 1 aromatic heterocycles. The molecule has 9 heteroatoms. The standard InChI is InChI=1S/C17H13IN4O3S/c1-21-9-8-19-17(21)26-13-5-2-11(3-6-13)20-16(23)14-10-12(22(24)25)4-7-15(14)18/h2-10H,1H3,(H,20,23). The van der Waals surface area contributed by atoms with Crippen LogP contribution in [0.25, 0.3) is 0 Å². The van der Waals surface area contributed by atoms with Gasteiger partial charge in [0.15, 0.2) is 5.16 Å². The molecule has 0 atom stereocenters. The normalized spacial score (nSPS) is 10.5. The summed E-state index contributed by atoms with van der Waals surface area (Å²) in [4.78, 5) is 28.1. The van der Waals surface area contributed by atoms with Crippen LogP contribution in [0.4, 0.5) is 11.4 Å². The van der Waals surface area contributed by atoms with Crippen molar-refractivity contribution >= 4 is 51.6 Å². The third-order valence-electron chi connectivity index (χ3n) is 3.50. The van der Waals surface area contributed by atoms with Crippen molar-refractivity contribution in [1.29, 1.82) is 0 Å². The lowest BCUT2D eigenvalue weighted by atomic mass is 10.2. The Morgan fingerprint density at radius 1 is 1.27 bits per heavy atom. The van der Waals surface area contributed by atoms with E-state index in [2.05, 4.69) is 10.3 Å². The van der Waals surface area contributed by atoms with E-state index >= 15 is 0 Å². The summed E-state index contributed by atoms with van der Waals surface area (Å²) >= 11 is 3.50. The van der Waals surface area contributed by atoms with Gasteiger partial charge in [-0.25, -0.2) is 4.98 Å². The highest BCUT2D eigenvalue weighted by molar-refractivity contribution is 14.1. The number of amides is 1. The van der Waals surface area contributed by atoms with Gasteiger partial charge in [-0.2, -0.15) is 0 Å². The molecule has 26 heavy (non-hydrogen) atoms. The number of rotatable bonds is 5. The summed E-state index contributed by atoms with van der Waals surface area (Å²) in [6.45, 7) is 0. The highest BCUT2D eigenvalue weighted by Crippen LogP contribution is 2.27. The molecule has 0 bridgehead atoms. The predicted octanol–water partition coefficient (Wildman–Crippen LogP) is 4.34. The van der Waals surface area contributed by atoms with Gasteiger partial charge in [0.25, 0.3) is 11.6 Å². The molecule has 1 heterocycles. The molecule has 2 aromatic carbocycles. The first-order valence-electron chi connectivity index (χ1n) is 7.44. The van der Waals surface area contributed by atoms with Gasteiger partial charge in [-0.1, -0.05) is 11.8 Å². The second-order valence-electron chi connectivity index (χ2n) is 5.32. The number of carbonyl (C=O) groups excluding carboxylic acids is 1. The van der Waals surface area contributed by atoms with Gasteiger partial charge < -0.3 is 9.88 Å². The number of nitro groups is 1. The van der Waals surface area contributed by atoms with Crippen LogP contribution in [0.3, 0.4) is 0 Å². The van der Waals surface area contributed by atoms with Crippen LogP contribution in [-0.2, 0) is 7.05 Å². The average molecular weight is 480 g/mol. The predicted molar refractivity (Wildman–Crippen MR) is 108 cm³/mol. The molecular weight excluding hydrogens is 467 g/mol. The van der Waals surface area contributed by atoms with Gasteiger partial charge in [-0.3, -0.25) is 14.9 Å². The number of benzene rings is 2. The molecule has 1 amide bonds. The van der Waals surface area contributed by atoms with E-state index in [1.807, 2.05) is 52.5 Å².